The van der Waals surface area contributed by atoms with E-state index in [1.807, 2.05) is 11.0 Å². The summed E-state index contributed by atoms with van der Waals surface area (Å²) < 4.78 is 11.7. The van der Waals surface area contributed by atoms with E-state index in [9.17, 15) is 4.79 Å². The van der Waals surface area contributed by atoms with Crippen LogP contribution in [-0.2, 0) is 9.53 Å². The van der Waals surface area contributed by atoms with E-state index in [-0.39, 0.29) is 12.0 Å². The molecule has 1 aliphatic heterocycles. The van der Waals surface area contributed by atoms with Crippen LogP contribution in [0.3, 0.4) is 0 Å². The second kappa shape index (κ2) is 8.01. The topological polar surface area (TPSA) is 38.8 Å². The Hall–Kier alpha value is -0.780. The highest BCUT2D eigenvalue weighted by molar-refractivity contribution is 9.10. The number of carbonyl (C=O) groups excluding carboxylic acids is 1. The summed E-state index contributed by atoms with van der Waals surface area (Å²) in [6, 6.07) is 5.39. The van der Waals surface area contributed by atoms with Crippen molar-refractivity contribution in [2.24, 2.45) is 0 Å². The van der Waals surface area contributed by atoms with Crippen LogP contribution in [-0.4, -0.2) is 43.7 Å². The molecule has 1 heterocycles. The quantitative estimate of drug-likeness (QED) is 0.713. The number of likely N-dealkylation sites (tertiary alicyclic amines) is 1. The fraction of sp³-hybridized carbons (Fsp3) is 0.533. The Labute approximate surface area is 138 Å². The van der Waals surface area contributed by atoms with Crippen LogP contribution in [0.25, 0.3) is 0 Å². The third-order valence-corrected chi connectivity index (χ3v) is 4.37. The lowest BCUT2D eigenvalue weighted by Crippen LogP contribution is -2.30. The van der Waals surface area contributed by atoms with Gasteiger partial charge in [0.15, 0.2) is 0 Å². The van der Waals surface area contributed by atoms with E-state index in [1.165, 1.54) is 0 Å². The summed E-state index contributed by atoms with van der Waals surface area (Å²) in [4.78, 5) is 13.9. The van der Waals surface area contributed by atoms with Crippen molar-refractivity contribution in [3.05, 3.63) is 27.7 Å². The number of hydrogen-bond acceptors (Lipinski definition) is 3. The number of halogens is 2. The maximum absolute atomic E-state index is 12.0. The molecule has 0 saturated carbocycles. The van der Waals surface area contributed by atoms with Gasteiger partial charge < -0.3 is 14.4 Å². The van der Waals surface area contributed by atoms with Crippen LogP contribution in [0.15, 0.2) is 22.7 Å². The average Bonchev–Trinajstić information content (AvgIpc) is 2.94. The van der Waals surface area contributed by atoms with Gasteiger partial charge in [0.25, 0.3) is 0 Å². The third kappa shape index (κ3) is 4.87. The van der Waals surface area contributed by atoms with Gasteiger partial charge in [0.2, 0.25) is 5.91 Å². The van der Waals surface area contributed by atoms with Crippen LogP contribution in [0.2, 0.25) is 5.02 Å². The number of nitrogens with zero attached hydrogens (tertiary/aromatic N) is 1. The molecule has 0 bridgehead atoms. The SMILES string of the molecule is COC1CCN(C(=O)CCCOc2ccc(Cl)cc2Br)C1. The number of methoxy groups -OCH3 is 1. The molecule has 1 aliphatic rings. The lowest BCUT2D eigenvalue weighted by molar-refractivity contribution is -0.130. The normalized spacial score (nSPS) is 18.0. The summed E-state index contributed by atoms with van der Waals surface area (Å²) in [5, 5.41) is 0.658. The van der Waals surface area contributed by atoms with Gasteiger partial charge in [0.05, 0.1) is 17.2 Å². The molecule has 0 N–H and O–H groups in total. The van der Waals surface area contributed by atoms with Crippen molar-refractivity contribution >= 4 is 33.4 Å². The molecule has 2 rings (SSSR count). The number of carbonyl (C=O) groups is 1. The van der Waals surface area contributed by atoms with Crippen molar-refractivity contribution in [1.82, 2.24) is 4.90 Å². The molecular formula is C15H19BrClNO3. The van der Waals surface area contributed by atoms with Gasteiger partial charge in [-0.2, -0.15) is 0 Å². The molecule has 1 amide bonds. The highest BCUT2D eigenvalue weighted by atomic mass is 79.9. The summed E-state index contributed by atoms with van der Waals surface area (Å²) in [5.41, 5.74) is 0. The minimum atomic E-state index is 0.174. The van der Waals surface area contributed by atoms with Gasteiger partial charge in [-0.3, -0.25) is 4.79 Å². The Morgan fingerprint density at radius 3 is 3.00 bits per heavy atom. The molecule has 1 aromatic carbocycles. The van der Waals surface area contributed by atoms with E-state index in [0.717, 1.165) is 23.2 Å². The maximum atomic E-state index is 12.0. The van der Waals surface area contributed by atoms with Gasteiger partial charge in [0, 0.05) is 31.6 Å². The first kappa shape index (κ1) is 16.6. The molecule has 1 atom stereocenters. The molecule has 21 heavy (non-hydrogen) atoms. The molecule has 0 radical (unpaired) electrons. The van der Waals surface area contributed by atoms with Gasteiger partial charge in [0.1, 0.15) is 5.75 Å². The molecule has 1 unspecified atom stereocenters. The second-order valence-electron chi connectivity index (χ2n) is 5.01. The summed E-state index contributed by atoms with van der Waals surface area (Å²) in [6.07, 6.45) is 2.32. The predicted molar refractivity (Wildman–Crippen MR) is 85.9 cm³/mol. The molecule has 0 spiro atoms. The fourth-order valence-electron chi connectivity index (χ4n) is 2.30. The van der Waals surface area contributed by atoms with Crippen molar-refractivity contribution < 1.29 is 14.3 Å². The van der Waals surface area contributed by atoms with Gasteiger partial charge >= 0.3 is 0 Å². The summed E-state index contributed by atoms with van der Waals surface area (Å²) >= 11 is 9.27. The molecule has 4 nitrogen and oxygen atoms in total. The van der Waals surface area contributed by atoms with Crippen LogP contribution in [0.5, 0.6) is 5.75 Å². The molecule has 1 saturated heterocycles. The molecule has 1 aromatic rings. The van der Waals surface area contributed by atoms with Crippen molar-refractivity contribution in [2.45, 2.75) is 25.4 Å². The number of hydrogen-bond donors (Lipinski definition) is 0. The summed E-state index contributed by atoms with van der Waals surface area (Å²) in [6.45, 7) is 2.01. The van der Waals surface area contributed by atoms with Gasteiger partial charge in [-0.25, -0.2) is 0 Å². The number of amides is 1. The minimum absolute atomic E-state index is 0.174. The Kier molecular flexibility index (Phi) is 6.33. The van der Waals surface area contributed by atoms with Crippen molar-refractivity contribution in [1.29, 1.82) is 0 Å². The van der Waals surface area contributed by atoms with E-state index in [4.69, 9.17) is 21.1 Å². The largest absolute Gasteiger partial charge is 0.492 e. The molecular weight excluding hydrogens is 358 g/mol. The lowest BCUT2D eigenvalue weighted by atomic mass is 10.3. The predicted octanol–water partition coefficient (Wildman–Crippen LogP) is 3.51. The standard InChI is InChI=1S/C15H19BrClNO3/c1-20-12-6-7-18(10-12)15(19)3-2-8-21-14-5-4-11(17)9-13(14)16/h4-5,9,12H,2-3,6-8,10H2,1H3. The van der Waals surface area contributed by atoms with Gasteiger partial charge in [-0.05, 0) is 47.0 Å². The van der Waals surface area contributed by atoms with Crippen molar-refractivity contribution in [2.75, 3.05) is 26.8 Å². The van der Waals surface area contributed by atoms with E-state index < -0.39 is 0 Å². The summed E-state index contributed by atoms with van der Waals surface area (Å²) in [5.74, 6) is 0.917. The molecule has 1 fully saturated rings. The zero-order valence-electron chi connectivity index (χ0n) is 12.0. The highest BCUT2D eigenvalue weighted by Crippen LogP contribution is 2.28. The van der Waals surface area contributed by atoms with Crippen molar-refractivity contribution in [3.63, 3.8) is 0 Å². The third-order valence-electron chi connectivity index (χ3n) is 3.52. The molecule has 0 aliphatic carbocycles. The van der Waals surface area contributed by atoms with Crippen LogP contribution in [0, 0.1) is 0 Å². The fourth-order valence-corrected chi connectivity index (χ4v) is 3.10. The Morgan fingerprint density at radius 2 is 2.33 bits per heavy atom. The molecule has 6 heteroatoms. The zero-order chi connectivity index (χ0) is 15.2. The Balaban J connectivity index is 1.69. The van der Waals surface area contributed by atoms with Crippen LogP contribution < -0.4 is 4.74 Å². The first-order chi connectivity index (χ1) is 10.1. The average molecular weight is 377 g/mol. The molecule has 0 aromatic heterocycles. The Bertz CT molecular complexity index is 498. The van der Waals surface area contributed by atoms with Crippen LogP contribution in [0.1, 0.15) is 19.3 Å². The maximum Gasteiger partial charge on any atom is 0.222 e. The van der Waals surface area contributed by atoms with E-state index >= 15 is 0 Å². The zero-order valence-corrected chi connectivity index (χ0v) is 14.3. The second-order valence-corrected chi connectivity index (χ2v) is 6.30. The monoisotopic (exact) mass is 375 g/mol. The number of rotatable bonds is 6. The van der Waals surface area contributed by atoms with Crippen LogP contribution >= 0.6 is 27.5 Å². The minimum Gasteiger partial charge on any atom is -0.492 e. The van der Waals surface area contributed by atoms with E-state index in [2.05, 4.69) is 15.9 Å². The Morgan fingerprint density at radius 1 is 1.52 bits per heavy atom. The van der Waals surface area contributed by atoms with Gasteiger partial charge in [-0.15, -0.1) is 0 Å². The molecule has 116 valence electrons. The summed E-state index contributed by atoms with van der Waals surface area (Å²) in [7, 11) is 1.69. The van der Waals surface area contributed by atoms with E-state index in [0.29, 0.717) is 31.0 Å². The number of ether oxygens (including phenoxy) is 2. The first-order valence-electron chi connectivity index (χ1n) is 6.98. The van der Waals surface area contributed by atoms with E-state index in [1.54, 1.807) is 19.2 Å². The lowest BCUT2D eigenvalue weighted by Gasteiger charge is -2.16. The smallest absolute Gasteiger partial charge is 0.222 e. The number of benzene rings is 1. The first-order valence-corrected chi connectivity index (χ1v) is 8.15. The van der Waals surface area contributed by atoms with Crippen LogP contribution in [0.4, 0.5) is 0 Å². The van der Waals surface area contributed by atoms with Crippen molar-refractivity contribution in [3.8, 4) is 5.75 Å². The van der Waals surface area contributed by atoms with Gasteiger partial charge in [-0.1, -0.05) is 11.6 Å². The highest BCUT2D eigenvalue weighted by Gasteiger charge is 2.25.